The van der Waals surface area contributed by atoms with Gasteiger partial charge in [0.2, 0.25) is 5.91 Å². The van der Waals surface area contributed by atoms with Gasteiger partial charge in [-0.05, 0) is 24.0 Å². The lowest BCUT2D eigenvalue weighted by molar-refractivity contribution is -0.121. The van der Waals surface area contributed by atoms with Crippen molar-refractivity contribution in [3.63, 3.8) is 0 Å². The molecular weight excluding hydrogens is 316 g/mol. The number of alkyl halides is 1. The molecule has 2 aromatic rings. The minimum absolute atomic E-state index is 0.0493. The highest BCUT2D eigenvalue weighted by molar-refractivity contribution is 9.10. The first kappa shape index (κ1) is 15.0. The summed E-state index contributed by atoms with van der Waals surface area (Å²) in [6.07, 6.45) is 2.59. The van der Waals surface area contributed by atoms with Gasteiger partial charge in [0.05, 0.1) is 10.3 Å². The minimum atomic E-state index is -0.131. The summed E-state index contributed by atoms with van der Waals surface area (Å²) in [4.78, 5) is 16.2. The van der Waals surface area contributed by atoms with Gasteiger partial charge in [0, 0.05) is 18.1 Å². The summed E-state index contributed by atoms with van der Waals surface area (Å²) >= 11 is 3.41. The fourth-order valence-corrected chi connectivity index (χ4v) is 2.25. The van der Waals surface area contributed by atoms with Crippen LogP contribution in [0.5, 0.6) is 0 Å². The first-order valence-corrected chi connectivity index (χ1v) is 7.75. The molecular formula is C16H19BrN2O. The average Bonchev–Trinajstić information content (AvgIpc) is 2.46. The van der Waals surface area contributed by atoms with Crippen LogP contribution in [0.2, 0.25) is 0 Å². The summed E-state index contributed by atoms with van der Waals surface area (Å²) in [7, 11) is 0. The van der Waals surface area contributed by atoms with E-state index in [9.17, 15) is 4.79 Å². The van der Waals surface area contributed by atoms with E-state index in [0.717, 1.165) is 17.3 Å². The molecule has 106 valence electrons. The van der Waals surface area contributed by atoms with E-state index >= 15 is 0 Å². The second kappa shape index (κ2) is 6.84. The molecule has 0 aliphatic carbocycles. The fourth-order valence-electron chi connectivity index (χ4n) is 2.09. The zero-order chi connectivity index (χ0) is 14.5. The number of nitrogens with zero attached hydrogens (tertiary/aromatic N) is 1. The molecule has 0 aliphatic heterocycles. The maximum atomic E-state index is 11.9. The molecule has 3 nitrogen and oxygen atoms in total. The molecule has 1 aromatic carbocycles. The van der Waals surface area contributed by atoms with Crippen molar-refractivity contribution in [1.82, 2.24) is 10.3 Å². The van der Waals surface area contributed by atoms with E-state index in [0.29, 0.717) is 6.54 Å². The third-order valence-electron chi connectivity index (χ3n) is 3.25. The van der Waals surface area contributed by atoms with Crippen molar-refractivity contribution >= 4 is 32.7 Å². The van der Waals surface area contributed by atoms with Gasteiger partial charge in [-0.15, -0.1) is 0 Å². The Kier molecular flexibility index (Phi) is 5.12. The molecule has 1 aromatic heterocycles. The molecule has 0 radical (unpaired) electrons. The molecule has 2 rings (SSSR count). The number of hydrogen-bond acceptors (Lipinski definition) is 2. The zero-order valence-corrected chi connectivity index (χ0v) is 13.4. The monoisotopic (exact) mass is 334 g/mol. The predicted octanol–water partition coefficient (Wildman–Crippen LogP) is 3.31. The number of para-hydroxylation sites is 1. The van der Waals surface area contributed by atoms with Crippen molar-refractivity contribution in [2.45, 2.75) is 25.1 Å². The molecule has 0 saturated carbocycles. The molecule has 1 unspecified atom stereocenters. The van der Waals surface area contributed by atoms with E-state index in [1.54, 1.807) is 6.20 Å². The lowest BCUT2D eigenvalue weighted by Crippen LogP contribution is -2.35. The molecule has 1 N–H and O–H groups in total. The summed E-state index contributed by atoms with van der Waals surface area (Å²) < 4.78 is 0. The van der Waals surface area contributed by atoms with Crippen molar-refractivity contribution < 1.29 is 4.79 Å². The Morgan fingerprint density at radius 2 is 2.05 bits per heavy atom. The standard InChI is InChI=1S/C16H19BrN2O/c1-11(2)14(17)16(20)19-10-8-13-6-3-5-12-7-4-9-18-15(12)13/h3-7,9,11,14H,8,10H2,1-2H3,(H,19,20). The number of rotatable bonds is 5. The summed E-state index contributed by atoms with van der Waals surface area (Å²) in [6, 6.07) is 10.1. The van der Waals surface area contributed by atoms with Crippen LogP contribution in [0.25, 0.3) is 10.9 Å². The van der Waals surface area contributed by atoms with Crippen molar-refractivity contribution in [3.05, 3.63) is 42.1 Å². The molecule has 0 fully saturated rings. The largest absolute Gasteiger partial charge is 0.355 e. The summed E-state index contributed by atoms with van der Waals surface area (Å²) in [5.41, 5.74) is 2.18. The Morgan fingerprint density at radius 3 is 2.80 bits per heavy atom. The predicted molar refractivity (Wildman–Crippen MR) is 86.0 cm³/mol. The maximum absolute atomic E-state index is 11.9. The van der Waals surface area contributed by atoms with Gasteiger partial charge in [-0.25, -0.2) is 0 Å². The Hall–Kier alpha value is -1.42. The van der Waals surface area contributed by atoms with Crippen LogP contribution >= 0.6 is 15.9 Å². The van der Waals surface area contributed by atoms with Crippen LogP contribution in [0.3, 0.4) is 0 Å². The van der Waals surface area contributed by atoms with Gasteiger partial charge in [-0.2, -0.15) is 0 Å². The molecule has 0 spiro atoms. The molecule has 0 saturated heterocycles. The maximum Gasteiger partial charge on any atom is 0.234 e. The van der Waals surface area contributed by atoms with E-state index in [2.05, 4.69) is 44.4 Å². The second-order valence-electron chi connectivity index (χ2n) is 5.18. The molecule has 1 amide bonds. The van der Waals surface area contributed by atoms with Crippen molar-refractivity contribution in [1.29, 1.82) is 0 Å². The first-order chi connectivity index (χ1) is 9.59. The van der Waals surface area contributed by atoms with Crippen LogP contribution in [-0.4, -0.2) is 22.3 Å². The van der Waals surface area contributed by atoms with Gasteiger partial charge in [0.1, 0.15) is 0 Å². The number of halogens is 1. The van der Waals surface area contributed by atoms with Gasteiger partial charge in [-0.3, -0.25) is 9.78 Å². The number of benzene rings is 1. The number of carbonyl (C=O) groups excluding carboxylic acids is 1. The van der Waals surface area contributed by atoms with Crippen LogP contribution in [-0.2, 0) is 11.2 Å². The lowest BCUT2D eigenvalue weighted by Gasteiger charge is -2.14. The smallest absolute Gasteiger partial charge is 0.234 e. The Bertz CT molecular complexity index is 593. The van der Waals surface area contributed by atoms with Crippen LogP contribution < -0.4 is 5.32 Å². The molecule has 20 heavy (non-hydrogen) atoms. The van der Waals surface area contributed by atoms with E-state index < -0.39 is 0 Å². The van der Waals surface area contributed by atoms with Crippen molar-refractivity contribution in [2.24, 2.45) is 5.92 Å². The van der Waals surface area contributed by atoms with E-state index in [4.69, 9.17) is 0 Å². The third-order valence-corrected chi connectivity index (χ3v) is 4.72. The zero-order valence-electron chi connectivity index (χ0n) is 11.8. The van der Waals surface area contributed by atoms with Gasteiger partial charge in [-0.1, -0.05) is 54.0 Å². The normalized spacial score (nSPS) is 12.6. The first-order valence-electron chi connectivity index (χ1n) is 6.84. The van der Waals surface area contributed by atoms with Crippen LogP contribution in [0.15, 0.2) is 36.5 Å². The SMILES string of the molecule is CC(C)C(Br)C(=O)NCCc1cccc2cccnc12. The number of amides is 1. The molecule has 0 bridgehead atoms. The molecule has 1 heterocycles. The highest BCUT2D eigenvalue weighted by atomic mass is 79.9. The van der Waals surface area contributed by atoms with E-state index in [1.807, 2.05) is 26.0 Å². The summed E-state index contributed by atoms with van der Waals surface area (Å²) in [5.74, 6) is 0.336. The minimum Gasteiger partial charge on any atom is -0.355 e. The number of hydrogen-bond donors (Lipinski definition) is 1. The molecule has 4 heteroatoms. The highest BCUT2D eigenvalue weighted by Gasteiger charge is 2.17. The lowest BCUT2D eigenvalue weighted by atomic mass is 10.1. The summed E-state index contributed by atoms with van der Waals surface area (Å²) in [6.45, 7) is 4.67. The Labute approximate surface area is 127 Å². The van der Waals surface area contributed by atoms with Gasteiger partial charge in [0.25, 0.3) is 0 Å². The van der Waals surface area contributed by atoms with Crippen LogP contribution in [0, 0.1) is 5.92 Å². The number of fused-ring (bicyclic) bond motifs is 1. The average molecular weight is 335 g/mol. The highest BCUT2D eigenvalue weighted by Crippen LogP contribution is 2.16. The summed E-state index contributed by atoms with van der Waals surface area (Å²) in [5, 5.41) is 4.10. The van der Waals surface area contributed by atoms with Crippen molar-refractivity contribution in [2.75, 3.05) is 6.54 Å². The van der Waals surface area contributed by atoms with Crippen molar-refractivity contribution in [3.8, 4) is 0 Å². The van der Waals surface area contributed by atoms with E-state index in [1.165, 1.54) is 5.56 Å². The van der Waals surface area contributed by atoms with Gasteiger partial charge in [0.15, 0.2) is 0 Å². The molecule has 0 aliphatic rings. The number of nitrogens with one attached hydrogen (secondary N) is 1. The van der Waals surface area contributed by atoms with Crippen LogP contribution in [0.4, 0.5) is 0 Å². The Morgan fingerprint density at radius 1 is 1.30 bits per heavy atom. The fraction of sp³-hybridized carbons (Fsp3) is 0.375. The quantitative estimate of drug-likeness (QED) is 0.852. The molecule has 1 atom stereocenters. The third kappa shape index (κ3) is 3.57. The van der Waals surface area contributed by atoms with Gasteiger partial charge < -0.3 is 5.32 Å². The van der Waals surface area contributed by atoms with Gasteiger partial charge >= 0.3 is 0 Å². The van der Waals surface area contributed by atoms with E-state index in [-0.39, 0.29) is 16.7 Å². The second-order valence-corrected chi connectivity index (χ2v) is 6.17. The Balaban J connectivity index is 1.98. The van der Waals surface area contributed by atoms with Crippen LogP contribution in [0.1, 0.15) is 19.4 Å². The topological polar surface area (TPSA) is 42.0 Å². The number of aromatic nitrogens is 1. The number of carbonyl (C=O) groups is 1. The number of pyridine rings is 1.